The lowest BCUT2D eigenvalue weighted by Crippen LogP contribution is -2.39. The second-order valence-electron chi connectivity index (χ2n) is 4.76. The first kappa shape index (κ1) is 10.4. The number of hydrogen-bond donors (Lipinski definition) is 2. The standard InChI is InChI=1S/C11H23N3/c12-5-8-14-6-3-10(4-7-14)9-13-11-1-2-11/h10-11,13H,1-9,12H2. The molecule has 0 radical (unpaired) electrons. The fourth-order valence-electron chi connectivity index (χ4n) is 2.22. The van der Waals surface area contributed by atoms with Crippen LogP contribution < -0.4 is 11.1 Å². The van der Waals surface area contributed by atoms with E-state index in [0.29, 0.717) is 0 Å². The maximum absolute atomic E-state index is 5.55. The number of rotatable bonds is 5. The quantitative estimate of drug-likeness (QED) is 0.671. The molecule has 3 N–H and O–H groups in total. The summed E-state index contributed by atoms with van der Waals surface area (Å²) in [5, 5.41) is 3.63. The first-order valence-corrected chi connectivity index (χ1v) is 6.04. The largest absolute Gasteiger partial charge is 0.329 e. The molecule has 0 aromatic heterocycles. The predicted octanol–water partition coefficient (Wildman–Crippen LogP) is 0.409. The predicted molar refractivity (Wildman–Crippen MR) is 59.2 cm³/mol. The summed E-state index contributed by atoms with van der Waals surface area (Å²) in [5.41, 5.74) is 5.55. The molecule has 1 saturated heterocycles. The number of piperidine rings is 1. The SMILES string of the molecule is NCCN1CCC(CNC2CC2)CC1. The third-order valence-electron chi connectivity index (χ3n) is 3.43. The van der Waals surface area contributed by atoms with Gasteiger partial charge in [0, 0.05) is 19.1 Å². The fourth-order valence-corrected chi connectivity index (χ4v) is 2.22. The number of likely N-dealkylation sites (tertiary alicyclic amines) is 1. The molecular weight excluding hydrogens is 174 g/mol. The average Bonchev–Trinajstić information content (AvgIpc) is 3.01. The van der Waals surface area contributed by atoms with Gasteiger partial charge >= 0.3 is 0 Å². The highest BCUT2D eigenvalue weighted by atomic mass is 15.1. The molecule has 0 amide bonds. The van der Waals surface area contributed by atoms with Crippen LogP contribution in [0.15, 0.2) is 0 Å². The van der Waals surface area contributed by atoms with E-state index in [1.807, 2.05) is 0 Å². The minimum Gasteiger partial charge on any atom is -0.329 e. The molecule has 1 aliphatic carbocycles. The summed E-state index contributed by atoms with van der Waals surface area (Å²) < 4.78 is 0. The summed E-state index contributed by atoms with van der Waals surface area (Å²) in [4.78, 5) is 2.49. The summed E-state index contributed by atoms with van der Waals surface area (Å²) in [6.07, 6.45) is 5.54. The Morgan fingerprint density at radius 2 is 1.86 bits per heavy atom. The van der Waals surface area contributed by atoms with Gasteiger partial charge in [0.15, 0.2) is 0 Å². The summed E-state index contributed by atoms with van der Waals surface area (Å²) in [5.74, 6) is 0.921. The van der Waals surface area contributed by atoms with E-state index >= 15 is 0 Å². The van der Waals surface area contributed by atoms with Crippen LogP contribution in [0.25, 0.3) is 0 Å². The van der Waals surface area contributed by atoms with Gasteiger partial charge in [0.25, 0.3) is 0 Å². The summed E-state index contributed by atoms with van der Waals surface area (Å²) >= 11 is 0. The van der Waals surface area contributed by atoms with Gasteiger partial charge in [0.1, 0.15) is 0 Å². The zero-order chi connectivity index (χ0) is 9.80. The average molecular weight is 197 g/mol. The van der Waals surface area contributed by atoms with Crippen LogP contribution in [0.3, 0.4) is 0 Å². The van der Waals surface area contributed by atoms with Crippen molar-refractivity contribution in [1.82, 2.24) is 10.2 Å². The molecule has 0 spiro atoms. The van der Waals surface area contributed by atoms with Crippen LogP contribution in [0.4, 0.5) is 0 Å². The van der Waals surface area contributed by atoms with Gasteiger partial charge < -0.3 is 16.0 Å². The molecule has 1 heterocycles. The normalized spacial score (nSPS) is 25.5. The summed E-state index contributed by atoms with van der Waals surface area (Å²) in [6.45, 7) is 5.66. The zero-order valence-corrected chi connectivity index (χ0v) is 9.04. The van der Waals surface area contributed by atoms with Crippen molar-refractivity contribution in [2.24, 2.45) is 11.7 Å². The smallest absolute Gasteiger partial charge is 0.0105 e. The Kier molecular flexibility index (Phi) is 3.79. The third-order valence-corrected chi connectivity index (χ3v) is 3.43. The topological polar surface area (TPSA) is 41.3 Å². The van der Waals surface area contributed by atoms with Gasteiger partial charge in [-0.2, -0.15) is 0 Å². The van der Waals surface area contributed by atoms with Crippen molar-refractivity contribution < 1.29 is 0 Å². The molecule has 0 aromatic rings. The van der Waals surface area contributed by atoms with Gasteiger partial charge in [-0.25, -0.2) is 0 Å². The molecule has 0 aromatic carbocycles. The van der Waals surface area contributed by atoms with Gasteiger partial charge in [-0.05, 0) is 51.2 Å². The lowest BCUT2D eigenvalue weighted by Gasteiger charge is -2.31. The highest BCUT2D eigenvalue weighted by molar-refractivity contribution is 4.83. The second-order valence-corrected chi connectivity index (χ2v) is 4.76. The summed E-state index contributed by atoms with van der Waals surface area (Å²) in [7, 11) is 0. The van der Waals surface area contributed by atoms with Crippen molar-refractivity contribution in [3.05, 3.63) is 0 Å². The van der Waals surface area contributed by atoms with Gasteiger partial charge in [-0.15, -0.1) is 0 Å². The Hall–Kier alpha value is -0.120. The molecule has 0 atom stereocenters. The van der Waals surface area contributed by atoms with E-state index in [2.05, 4.69) is 10.2 Å². The fraction of sp³-hybridized carbons (Fsp3) is 1.00. The Bertz CT molecular complexity index is 160. The van der Waals surface area contributed by atoms with Crippen molar-refractivity contribution >= 4 is 0 Å². The van der Waals surface area contributed by atoms with Gasteiger partial charge in [-0.3, -0.25) is 0 Å². The number of nitrogens with two attached hydrogens (primary N) is 1. The Balaban J connectivity index is 1.57. The van der Waals surface area contributed by atoms with E-state index in [4.69, 9.17) is 5.73 Å². The molecule has 3 nitrogen and oxygen atoms in total. The zero-order valence-electron chi connectivity index (χ0n) is 9.04. The van der Waals surface area contributed by atoms with E-state index in [-0.39, 0.29) is 0 Å². The molecule has 0 unspecified atom stereocenters. The first-order chi connectivity index (χ1) is 6.88. The molecule has 2 rings (SSSR count). The van der Waals surface area contributed by atoms with Crippen molar-refractivity contribution in [1.29, 1.82) is 0 Å². The highest BCUT2D eigenvalue weighted by Gasteiger charge is 2.23. The number of nitrogens with one attached hydrogen (secondary N) is 1. The van der Waals surface area contributed by atoms with Crippen molar-refractivity contribution in [3.8, 4) is 0 Å². The lowest BCUT2D eigenvalue weighted by atomic mass is 9.97. The minimum absolute atomic E-state index is 0.811. The highest BCUT2D eigenvalue weighted by Crippen LogP contribution is 2.21. The van der Waals surface area contributed by atoms with Gasteiger partial charge in [0.2, 0.25) is 0 Å². The molecule has 1 aliphatic heterocycles. The van der Waals surface area contributed by atoms with Crippen LogP contribution in [0.2, 0.25) is 0 Å². The van der Waals surface area contributed by atoms with Crippen molar-refractivity contribution in [2.75, 3.05) is 32.7 Å². The minimum atomic E-state index is 0.811. The maximum atomic E-state index is 5.55. The van der Waals surface area contributed by atoms with E-state index in [9.17, 15) is 0 Å². The Morgan fingerprint density at radius 1 is 1.14 bits per heavy atom. The second kappa shape index (κ2) is 5.10. The van der Waals surface area contributed by atoms with E-state index in [1.165, 1.54) is 45.3 Å². The Labute approximate surface area is 87.0 Å². The van der Waals surface area contributed by atoms with Gasteiger partial charge in [-0.1, -0.05) is 0 Å². The van der Waals surface area contributed by atoms with E-state index in [0.717, 1.165) is 25.0 Å². The van der Waals surface area contributed by atoms with Crippen LogP contribution in [-0.4, -0.2) is 43.7 Å². The van der Waals surface area contributed by atoms with Crippen LogP contribution in [0.5, 0.6) is 0 Å². The Morgan fingerprint density at radius 3 is 2.43 bits per heavy atom. The van der Waals surface area contributed by atoms with E-state index < -0.39 is 0 Å². The molecule has 1 saturated carbocycles. The number of hydrogen-bond acceptors (Lipinski definition) is 3. The van der Waals surface area contributed by atoms with Crippen molar-refractivity contribution in [2.45, 2.75) is 31.7 Å². The molecule has 2 aliphatic rings. The maximum Gasteiger partial charge on any atom is 0.0105 e. The van der Waals surface area contributed by atoms with Crippen molar-refractivity contribution in [3.63, 3.8) is 0 Å². The molecule has 0 bridgehead atoms. The number of nitrogens with zero attached hydrogens (tertiary/aromatic N) is 1. The van der Waals surface area contributed by atoms with Crippen LogP contribution >= 0.6 is 0 Å². The van der Waals surface area contributed by atoms with Crippen LogP contribution in [0.1, 0.15) is 25.7 Å². The molecule has 3 heteroatoms. The van der Waals surface area contributed by atoms with Gasteiger partial charge in [0.05, 0.1) is 0 Å². The third kappa shape index (κ3) is 3.23. The molecule has 82 valence electrons. The molecule has 14 heavy (non-hydrogen) atoms. The summed E-state index contributed by atoms with van der Waals surface area (Å²) in [6, 6.07) is 0.872. The lowest BCUT2D eigenvalue weighted by molar-refractivity contribution is 0.186. The van der Waals surface area contributed by atoms with E-state index in [1.54, 1.807) is 0 Å². The monoisotopic (exact) mass is 197 g/mol. The molecule has 2 fully saturated rings. The van der Waals surface area contributed by atoms with Crippen LogP contribution in [0, 0.1) is 5.92 Å². The first-order valence-electron chi connectivity index (χ1n) is 6.04. The van der Waals surface area contributed by atoms with Crippen LogP contribution in [-0.2, 0) is 0 Å². The molecular formula is C11H23N3.